The van der Waals surface area contributed by atoms with E-state index in [9.17, 15) is 10.2 Å². The normalized spacial score (nSPS) is 38.0. The maximum atomic E-state index is 10.5. The lowest BCUT2D eigenvalue weighted by Gasteiger charge is -2.50. The molecular weight excluding hydrogens is 284 g/mol. The van der Waals surface area contributed by atoms with Crippen LogP contribution in [0.4, 0.5) is 0 Å². The van der Waals surface area contributed by atoms with Crippen LogP contribution in [0.15, 0.2) is 12.1 Å². The van der Waals surface area contributed by atoms with Crippen LogP contribution in [0.1, 0.15) is 68.6 Å². The Hall–Kier alpha value is -1.46. The molecule has 2 fully saturated rings. The van der Waals surface area contributed by atoms with Gasteiger partial charge >= 0.3 is 0 Å². The number of aliphatic hydroxyl groups excluding tert-OH is 1. The number of phenolic OH excluding ortho intramolecular Hbond substituents is 1. The van der Waals surface area contributed by atoms with Gasteiger partial charge in [-0.1, -0.05) is 12.8 Å². The minimum atomic E-state index is -0.115. The molecule has 0 bridgehead atoms. The first kappa shape index (κ1) is 15.1. The molecule has 1 aromatic rings. The third kappa shape index (κ3) is 2.13. The third-order valence-electron chi connectivity index (χ3n) is 7.05. The van der Waals surface area contributed by atoms with Crippen LogP contribution in [0.3, 0.4) is 0 Å². The Bertz CT molecular complexity index is 696. The molecule has 2 N–H and O–H groups in total. The van der Waals surface area contributed by atoms with Gasteiger partial charge in [-0.15, -0.1) is 5.92 Å². The number of hydrogen-bond donors (Lipinski definition) is 2. The fourth-order valence-corrected chi connectivity index (χ4v) is 5.82. The molecule has 2 saturated carbocycles. The van der Waals surface area contributed by atoms with E-state index in [-0.39, 0.29) is 11.5 Å². The molecule has 23 heavy (non-hydrogen) atoms. The molecule has 0 aliphatic heterocycles. The molecular formula is C21H26O2. The molecule has 122 valence electrons. The molecule has 3 aliphatic rings. The van der Waals surface area contributed by atoms with Crippen LogP contribution in [0.5, 0.6) is 5.75 Å². The zero-order chi connectivity index (χ0) is 16.2. The Morgan fingerprint density at radius 1 is 1.17 bits per heavy atom. The van der Waals surface area contributed by atoms with E-state index in [1.165, 1.54) is 24.0 Å². The lowest BCUT2D eigenvalue weighted by molar-refractivity contribution is -0.0226. The number of aliphatic hydroxyl groups is 1. The maximum Gasteiger partial charge on any atom is 0.131 e. The standard InChI is InChI=1S/C21H26O2/c1-3-4-14-11-17-13(12-19(14)22)5-6-16-15(17)9-10-21(2)18(16)7-8-20(21)23/h11-12,15-16,18,20,22-23H,5-10H2,1-2H3/t15-,16-,18-,20+,21-/m1/s1. The minimum absolute atomic E-state index is 0.115. The van der Waals surface area contributed by atoms with Gasteiger partial charge in [-0.25, -0.2) is 0 Å². The SMILES string of the molecule is CC#Cc1cc2c(cc1O)CC[C@H]1[C@H]3CC[C@H](O)[C@]3(C)CC[C@@H]21. The Morgan fingerprint density at radius 2 is 2.00 bits per heavy atom. The first-order valence-corrected chi connectivity index (χ1v) is 9.01. The van der Waals surface area contributed by atoms with E-state index < -0.39 is 0 Å². The number of rotatable bonds is 0. The predicted octanol–water partition coefficient (Wildman–Crippen LogP) is 3.98. The second-order valence-electron chi connectivity index (χ2n) is 8.00. The second-order valence-corrected chi connectivity index (χ2v) is 8.00. The van der Waals surface area contributed by atoms with Gasteiger partial charge in [0.2, 0.25) is 0 Å². The summed E-state index contributed by atoms with van der Waals surface area (Å²) in [6, 6.07) is 4.09. The van der Waals surface area contributed by atoms with Crippen LogP contribution in [0, 0.1) is 29.1 Å². The van der Waals surface area contributed by atoms with E-state index in [4.69, 9.17) is 0 Å². The molecule has 0 unspecified atom stereocenters. The number of phenols is 1. The van der Waals surface area contributed by atoms with Crippen molar-refractivity contribution in [2.45, 2.75) is 64.4 Å². The molecule has 0 radical (unpaired) electrons. The molecule has 0 aromatic heterocycles. The summed E-state index contributed by atoms with van der Waals surface area (Å²) in [5.41, 5.74) is 3.63. The summed E-state index contributed by atoms with van der Waals surface area (Å²) in [7, 11) is 0. The van der Waals surface area contributed by atoms with Crippen molar-refractivity contribution in [1.29, 1.82) is 0 Å². The van der Waals surface area contributed by atoms with Gasteiger partial charge in [-0.05, 0) is 91.9 Å². The van der Waals surface area contributed by atoms with Crippen molar-refractivity contribution in [2.75, 3.05) is 0 Å². The molecule has 0 amide bonds. The van der Waals surface area contributed by atoms with E-state index in [2.05, 4.69) is 24.8 Å². The topological polar surface area (TPSA) is 40.5 Å². The van der Waals surface area contributed by atoms with E-state index in [0.717, 1.165) is 31.2 Å². The monoisotopic (exact) mass is 310 g/mol. The second kappa shape index (κ2) is 5.28. The van der Waals surface area contributed by atoms with Gasteiger partial charge < -0.3 is 10.2 Å². The molecule has 4 rings (SSSR count). The van der Waals surface area contributed by atoms with Crippen molar-refractivity contribution >= 4 is 0 Å². The number of aryl methyl sites for hydroxylation is 1. The number of aromatic hydroxyl groups is 1. The Morgan fingerprint density at radius 3 is 2.78 bits per heavy atom. The molecule has 5 atom stereocenters. The van der Waals surface area contributed by atoms with Gasteiger partial charge in [0.15, 0.2) is 0 Å². The van der Waals surface area contributed by atoms with E-state index >= 15 is 0 Å². The smallest absolute Gasteiger partial charge is 0.131 e. The first-order chi connectivity index (χ1) is 11.0. The molecule has 0 spiro atoms. The summed E-state index contributed by atoms with van der Waals surface area (Å²) in [6.45, 7) is 4.12. The summed E-state index contributed by atoms with van der Waals surface area (Å²) in [6.07, 6.45) is 6.56. The minimum Gasteiger partial charge on any atom is -0.507 e. The quantitative estimate of drug-likeness (QED) is 0.712. The maximum absolute atomic E-state index is 10.5. The number of benzene rings is 1. The average molecular weight is 310 g/mol. The van der Waals surface area contributed by atoms with E-state index in [0.29, 0.717) is 23.5 Å². The van der Waals surface area contributed by atoms with Crippen LogP contribution in [-0.4, -0.2) is 16.3 Å². The molecule has 2 heteroatoms. The van der Waals surface area contributed by atoms with Crippen molar-refractivity contribution in [2.24, 2.45) is 17.3 Å². The first-order valence-electron chi connectivity index (χ1n) is 9.01. The van der Waals surface area contributed by atoms with E-state index in [1.54, 1.807) is 0 Å². The fourth-order valence-electron chi connectivity index (χ4n) is 5.82. The molecule has 0 saturated heterocycles. The van der Waals surface area contributed by atoms with Crippen molar-refractivity contribution < 1.29 is 10.2 Å². The molecule has 0 heterocycles. The van der Waals surface area contributed by atoms with Crippen LogP contribution in [-0.2, 0) is 6.42 Å². The van der Waals surface area contributed by atoms with Crippen molar-refractivity contribution in [3.8, 4) is 17.6 Å². The van der Waals surface area contributed by atoms with Gasteiger partial charge in [-0.3, -0.25) is 0 Å². The Kier molecular flexibility index (Phi) is 3.46. The molecule has 2 nitrogen and oxygen atoms in total. The summed E-state index contributed by atoms with van der Waals surface area (Å²) in [5.74, 6) is 8.20. The summed E-state index contributed by atoms with van der Waals surface area (Å²) >= 11 is 0. The fraction of sp³-hybridized carbons (Fsp3) is 0.619. The highest BCUT2D eigenvalue weighted by atomic mass is 16.3. The van der Waals surface area contributed by atoms with Crippen LogP contribution in [0.2, 0.25) is 0 Å². The highest BCUT2D eigenvalue weighted by molar-refractivity contribution is 5.52. The predicted molar refractivity (Wildman–Crippen MR) is 91.3 cm³/mol. The van der Waals surface area contributed by atoms with Crippen LogP contribution >= 0.6 is 0 Å². The van der Waals surface area contributed by atoms with Gasteiger partial charge in [0, 0.05) is 0 Å². The molecule has 3 aliphatic carbocycles. The lowest BCUT2D eigenvalue weighted by Crippen LogP contribution is -2.43. The van der Waals surface area contributed by atoms with Crippen molar-refractivity contribution in [1.82, 2.24) is 0 Å². The van der Waals surface area contributed by atoms with Crippen molar-refractivity contribution in [3.05, 3.63) is 28.8 Å². The van der Waals surface area contributed by atoms with Crippen molar-refractivity contribution in [3.63, 3.8) is 0 Å². The van der Waals surface area contributed by atoms with Crippen LogP contribution < -0.4 is 0 Å². The summed E-state index contributed by atoms with van der Waals surface area (Å²) in [5, 5.41) is 20.7. The number of fused-ring (bicyclic) bond motifs is 5. The summed E-state index contributed by atoms with van der Waals surface area (Å²) in [4.78, 5) is 0. The third-order valence-corrected chi connectivity index (χ3v) is 7.05. The average Bonchev–Trinajstić information content (AvgIpc) is 2.84. The summed E-state index contributed by atoms with van der Waals surface area (Å²) < 4.78 is 0. The lowest BCUT2D eigenvalue weighted by atomic mass is 9.55. The number of hydrogen-bond acceptors (Lipinski definition) is 2. The zero-order valence-electron chi connectivity index (χ0n) is 14.1. The Balaban J connectivity index is 1.74. The Labute approximate surface area is 138 Å². The highest BCUT2D eigenvalue weighted by Gasteiger charge is 2.54. The largest absolute Gasteiger partial charge is 0.507 e. The zero-order valence-corrected chi connectivity index (χ0v) is 14.1. The van der Waals surface area contributed by atoms with E-state index in [1.807, 2.05) is 13.0 Å². The van der Waals surface area contributed by atoms with Gasteiger partial charge in [0.25, 0.3) is 0 Å². The van der Waals surface area contributed by atoms with Gasteiger partial charge in [0.1, 0.15) is 5.75 Å². The van der Waals surface area contributed by atoms with Crippen LogP contribution in [0.25, 0.3) is 0 Å². The molecule has 1 aromatic carbocycles. The van der Waals surface area contributed by atoms with Gasteiger partial charge in [0.05, 0.1) is 11.7 Å². The highest BCUT2D eigenvalue weighted by Crippen LogP contribution is 2.61. The van der Waals surface area contributed by atoms with Gasteiger partial charge in [-0.2, -0.15) is 0 Å².